The van der Waals surface area contributed by atoms with Gasteiger partial charge in [-0.05, 0) is 12.2 Å². The molecule has 0 aliphatic rings. The first-order chi connectivity index (χ1) is 5.87. The summed E-state index contributed by atoms with van der Waals surface area (Å²) in [5.41, 5.74) is 4.96. The first kappa shape index (κ1) is 12.9. The molecule has 13 heavy (non-hydrogen) atoms. The summed E-state index contributed by atoms with van der Waals surface area (Å²) in [6.07, 6.45) is -0.202. The van der Waals surface area contributed by atoms with Crippen LogP contribution in [-0.4, -0.2) is 33.8 Å². The summed E-state index contributed by atoms with van der Waals surface area (Å²) in [5.74, 6) is -0.218. The van der Waals surface area contributed by atoms with Gasteiger partial charge >= 0.3 is 7.60 Å². The van der Waals surface area contributed by atoms with E-state index in [1.807, 2.05) is 0 Å². The lowest BCUT2D eigenvalue weighted by Gasteiger charge is -2.14. The Morgan fingerprint density at radius 3 is 2.46 bits per heavy atom. The van der Waals surface area contributed by atoms with E-state index in [0.29, 0.717) is 12.2 Å². The molecule has 0 aliphatic carbocycles. The van der Waals surface area contributed by atoms with Crippen LogP contribution in [0.4, 0.5) is 0 Å². The monoisotopic (exact) mass is 228 g/mol. The van der Waals surface area contributed by atoms with Gasteiger partial charge in [0.15, 0.2) is 0 Å². The Morgan fingerprint density at radius 1 is 1.62 bits per heavy atom. The second kappa shape index (κ2) is 5.62. The lowest BCUT2D eigenvalue weighted by molar-refractivity contribution is -0.119. The molecule has 6 nitrogen and oxygen atoms in total. The molecule has 1 atom stereocenters. The summed E-state index contributed by atoms with van der Waals surface area (Å²) < 4.78 is 10.4. The van der Waals surface area contributed by atoms with Crippen molar-refractivity contribution in [1.29, 1.82) is 0 Å². The van der Waals surface area contributed by atoms with Crippen LogP contribution in [0.1, 0.15) is 6.42 Å². The summed E-state index contributed by atoms with van der Waals surface area (Å²) in [5, 5.41) is 2.37. The van der Waals surface area contributed by atoms with E-state index in [0.717, 1.165) is 0 Å². The Hall–Kier alpha value is -0.0700. The zero-order valence-electron chi connectivity index (χ0n) is 6.88. The van der Waals surface area contributed by atoms with Gasteiger partial charge in [-0.3, -0.25) is 14.7 Å². The minimum Gasteiger partial charge on any atom is -0.368 e. The first-order valence-corrected chi connectivity index (χ1v) is 5.98. The van der Waals surface area contributed by atoms with Crippen LogP contribution in [0.3, 0.4) is 0 Å². The van der Waals surface area contributed by atoms with Crippen molar-refractivity contribution in [2.24, 2.45) is 5.73 Å². The summed E-state index contributed by atoms with van der Waals surface area (Å²) in [6.45, 7) is 0. The third-order valence-corrected chi connectivity index (χ3v) is 2.16. The van der Waals surface area contributed by atoms with E-state index >= 15 is 0 Å². The van der Waals surface area contributed by atoms with Crippen molar-refractivity contribution in [3.05, 3.63) is 0 Å². The fourth-order valence-electron chi connectivity index (χ4n) is 0.703. The van der Waals surface area contributed by atoms with Crippen LogP contribution in [0.5, 0.6) is 0 Å². The van der Waals surface area contributed by atoms with Crippen LogP contribution >= 0.6 is 20.2 Å². The lowest BCUT2D eigenvalue weighted by Crippen LogP contribution is -2.41. The van der Waals surface area contributed by atoms with Gasteiger partial charge in [-0.2, -0.15) is 12.6 Å². The third-order valence-electron chi connectivity index (χ3n) is 1.30. The molecule has 8 heteroatoms. The molecule has 78 valence electrons. The lowest BCUT2D eigenvalue weighted by atomic mass is 10.2. The average Bonchev–Trinajstić information content (AvgIpc) is 1.95. The smallest absolute Gasteiger partial charge is 0.339 e. The molecule has 0 bridgehead atoms. The minimum absolute atomic E-state index is 0.346. The molecule has 0 aromatic carbocycles. The number of hydrogen-bond acceptors (Lipinski definition) is 4. The maximum atomic E-state index is 10.7. The van der Waals surface area contributed by atoms with Crippen molar-refractivity contribution in [3.63, 3.8) is 0 Å². The Bertz CT molecular complexity index is 219. The van der Waals surface area contributed by atoms with Gasteiger partial charge < -0.3 is 15.5 Å². The molecule has 0 aliphatic heterocycles. The molecule has 5 N–H and O–H groups in total. The summed E-state index contributed by atoms with van der Waals surface area (Å²) in [7, 11) is -4.13. The summed E-state index contributed by atoms with van der Waals surface area (Å²) in [4.78, 5) is 27.7. The van der Waals surface area contributed by atoms with E-state index in [9.17, 15) is 9.36 Å². The average molecular weight is 228 g/mol. The maximum absolute atomic E-state index is 10.7. The molecule has 0 aromatic heterocycles. The number of hydrogen-bond donors (Lipinski definition) is 5. The molecule has 0 unspecified atom stereocenters. The molecule has 0 heterocycles. The molecule has 0 fully saturated rings. The Kier molecular flexibility index (Phi) is 5.59. The fraction of sp³-hybridized carbons (Fsp3) is 0.800. The van der Waals surface area contributed by atoms with Gasteiger partial charge in [-0.1, -0.05) is 0 Å². The van der Waals surface area contributed by atoms with Gasteiger partial charge in [0, 0.05) is 0 Å². The van der Waals surface area contributed by atoms with E-state index in [1.54, 1.807) is 0 Å². The highest BCUT2D eigenvalue weighted by Gasteiger charge is 2.19. The van der Waals surface area contributed by atoms with Gasteiger partial charge in [-0.25, -0.2) is 0 Å². The van der Waals surface area contributed by atoms with Gasteiger partial charge in [0.25, 0.3) is 0 Å². The number of amides is 1. The van der Waals surface area contributed by atoms with Crippen molar-refractivity contribution in [1.82, 2.24) is 5.32 Å². The van der Waals surface area contributed by atoms with Crippen LogP contribution in [0.2, 0.25) is 0 Å². The van der Waals surface area contributed by atoms with E-state index in [1.165, 1.54) is 0 Å². The number of carbonyl (C=O) groups excluding carboxylic acids is 1. The third kappa shape index (κ3) is 7.04. The number of thiol groups is 1. The van der Waals surface area contributed by atoms with Gasteiger partial charge in [0.05, 0.1) is 12.3 Å². The molecular formula is C5H13N2O4PS. The van der Waals surface area contributed by atoms with Crippen molar-refractivity contribution in [2.45, 2.75) is 12.5 Å². The molecule has 0 saturated carbocycles. The second-order valence-corrected chi connectivity index (χ2v) is 4.59. The topological polar surface area (TPSA) is 113 Å². The Morgan fingerprint density at radius 2 is 2.15 bits per heavy atom. The SMILES string of the molecule is NC(=O)[C@H](CCS)NCP(=O)(O)O. The number of nitrogens with two attached hydrogens (primary N) is 1. The van der Waals surface area contributed by atoms with E-state index in [2.05, 4.69) is 17.9 Å². The highest BCUT2D eigenvalue weighted by atomic mass is 32.1. The van der Waals surface area contributed by atoms with Crippen molar-refractivity contribution in [2.75, 3.05) is 12.0 Å². The van der Waals surface area contributed by atoms with Crippen LogP contribution in [-0.2, 0) is 9.36 Å². The summed E-state index contributed by atoms with van der Waals surface area (Å²) >= 11 is 3.88. The van der Waals surface area contributed by atoms with Gasteiger partial charge in [0.2, 0.25) is 5.91 Å². The first-order valence-electron chi connectivity index (χ1n) is 3.55. The highest BCUT2D eigenvalue weighted by Crippen LogP contribution is 2.32. The fourth-order valence-corrected chi connectivity index (χ4v) is 1.42. The van der Waals surface area contributed by atoms with E-state index < -0.39 is 25.8 Å². The number of nitrogens with one attached hydrogen (secondary N) is 1. The molecule has 0 rings (SSSR count). The Labute approximate surface area is 81.5 Å². The quantitative estimate of drug-likeness (QED) is 0.292. The molecule has 0 spiro atoms. The van der Waals surface area contributed by atoms with Crippen molar-refractivity contribution >= 4 is 26.1 Å². The number of primary amides is 1. The number of carbonyl (C=O) groups is 1. The van der Waals surface area contributed by atoms with Gasteiger partial charge in [0.1, 0.15) is 0 Å². The second-order valence-electron chi connectivity index (χ2n) is 2.49. The van der Waals surface area contributed by atoms with Gasteiger partial charge in [-0.15, -0.1) is 0 Å². The zero-order valence-corrected chi connectivity index (χ0v) is 8.67. The van der Waals surface area contributed by atoms with Crippen LogP contribution in [0, 0.1) is 0 Å². The van der Waals surface area contributed by atoms with E-state index in [-0.39, 0.29) is 0 Å². The summed E-state index contributed by atoms with van der Waals surface area (Å²) in [6, 6.07) is -0.731. The van der Waals surface area contributed by atoms with Crippen molar-refractivity contribution in [3.8, 4) is 0 Å². The number of rotatable bonds is 6. The Balaban J connectivity index is 3.97. The molecule has 0 aromatic rings. The van der Waals surface area contributed by atoms with Crippen LogP contribution < -0.4 is 11.1 Å². The van der Waals surface area contributed by atoms with Crippen LogP contribution in [0.15, 0.2) is 0 Å². The standard InChI is InChI=1S/C5H13N2O4PS/c6-5(8)4(1-2-13)7-3-12(9,10)11/h4,7,13H,1-3H2,(H2,6,8)(H2,9,10,11)/t4-/m0/s1. The minimum atomic E-state index is -4.13. The molecular weight excluding hydrogens is 215 g/mol. The predicted octanol–water partition coefficient (Wildman–Crippen LogP) is -1.11. The highest BCUT2D eigenvalue weighted by molar-refractivity contribution is 7.80. The molecule has 0 radical (unpaired) electrons. The molecule has 0 saturated heterocycles. The normalized spacial score (nSPS) is 14.1. The largest absolute Gasteiger partial charge is 0.368 e. The molecule has 1 amide bonds. The van der Waals surface area contributed by atoms with Crippen molar-refractivity contribution < 1.29 is 19.1 Å². The predicted molar refractivity (Wildman–Crippen MR) is 51.5 cm³/mol. The maximum Gasteiger partial charge on any atom is 0.339 e. The zero-order chi connectivity index (χ0) is 10.5. The van der Waals surface area contributed by atoms with Crippen LogP contribution in [0.25, 0.3) is 0 Å². The van der Waals surface area contributed by atoms with E-state index in [4.69, 9.17) is 15.5 Å².